The molecule has 8 rings (SSSR count). The van der Waals surface area contributed by atoms with E-state index in [0.29, 0.717) is 5.84 Å². The van der Waals surface area contributed by atoms with Gasteiger partial charge in [-0.05, 0) is 101 Å². The van der Waals surface area contributed by atoms with Gasteiger partial charge in [-0.2, -0.15) is 5.10 Å². The number of amidine groups is 1. The zero-order valence-electron chi connectivity index (χ0n) is 32.1. The Hall–Kier alpha value is -7.43. The first-order valence-electron chi connectivity index (χ1n) is 19.2. The number of nitrogens with two attached hydrogens (primary N) is 1. The smallest absolute Gasteiger partial charge is 0.164 e. The average molecular weight is 738 g/mol. The van der Waals surface area contributed by atoms with Crippen molar-refractivity contribution < 1.29 is 4.42 Å². The molecule has 0 saturated heterocycles. The molecule has 0 unspecified atom stereocenters. The van der Waals surface area contributed by atoms with Crippen LogP contribution in [0.25, 0.3) is 67.5 Å². The Morgan fingerprint density at radius 3 is 1.91 bits per heavy atom. The molecule has 4 heteroatoms. The number of fused-ring (bicyclic) bond motifs is 3. The van der Waals surface area contributed by atoms with Gasteiger partial charge in [-0.3, -0.25) is 4.90 Å². The second-order valence-electron chi connectivity index (χ2n) is 13.7. The fourth-order valence-electron chi connectivity index (χ4n) is 7.32. The van der Waals surface area contributed by atoms with E-state index < -0.39 is 0 Å². The van der Waals surface area contributed by atoms with E-state index in [1.54, 1.807) is 0 Å². The van der Waals surface area contributed by atoms with Gasteiger partial charge in [-0.1, -0.05) is 170 Å². The van der Waals surface area contributed by atoms with Crippen molar-refractivity contribution in [3.63, 3.8) is 0 Å². The van der Waals surface area contributed by atoms with Crippen molar-refractivity contribution in [1.29, 1.82) is 0 Å². The number of hydrogen-bond donors (Lipinski definition) is 1. The lowest BCUT2D eigenvalue weighted by atomic mass is 9.94. The number of nitrogens with zero attached hydrogens (tertiary/aromatic N) is 2. The molecule has 0 radical (unpaired) electrons. The molecular weight excluding hydrogens is 695 g/mol. The molecule has 0 spiro atoms. The number of para-hydroxylation sites is 1. The van der Waals surface area contributed by atoms with Crippen LogP contribution < -0.4 is 10.7 Å². The highest BCUT2D eigenvalue weighted by Crippen LogP contribution is 2.42. The summed E-state index contributed by atoms with van der Waals surface area (Å²) in [6, 6.07) is 59.0. The van der Waals surface area contributed by atoms with Gasteiger partial charge in [0.25, 0.3) is 0 Å². The molecule has 0 aliphatic rings. The SMILES string of the molecule is C/C=C\C=C/c1cc(-c2ccccc2)ccc1-c1ccc2c(c1)oc1cccc(N(C(=N\N)/C(/C=C\c3ccc(-c4ccccc4)cc3)=C/C)c3ccccc3)c12. The highest BCUT2D eigenvalue weighted by Gasteiger charge is 2.23. The second kappa shape index (κ2) is 16.9. The Bertz CT molecular complexity index is 2790. The molecule has 276 valence electrons. The third kappa shape index (κ3) is 7.75. The summed E-state index contributed by atoms with van der Waals surface area (Å²) < 4.78 is 6.66. The molecule has 4 nitrogen and oxygen atoms in total. The minimum Gasteiger partial charge on any atom is -0.456 e. The van der Waals surface area contributed by atoms with E-state index in [4.69, 9.17) is 10.3 Å². The molecule has 0 bridgehead atoms. The lowest BCUT2D eigenvalue weighted by molar-refractivity contribution is 0.669. The van der Waals surface area contributed by atoms with Gasteiger partial charge in [0.1, 0.15) is 11.2 Å². The lowest BCUT2D eigenvalue weighted by Gasteiger charge is -2.27. The zero-order chi connectivity index (χ0) is 39.0. The lowest BCUT2D eigenvalue weighted by Crippen LogP contribution is -2.28. The van der Waals surface area contributed by atoms with Gasteiger partial charge in [-0.25, -0.2) is 0 Å². The Kier molecular flexibility index (Phi) is 10.9. The number of allylic oxidation sites excluding steroid dienone is 4. The molecule has 0 aliphatic carbocycles. The number of hydrazone groups is 1. The van der Waals surface area contributed by atoms with Crippen molar-refractivity contribution >= 4 is 51.3 Å². The number of furan rings is 1. The largest absolute Gasteiger partial charge is 0.456 e. The van der Waals surface area contributed by atoms with Crippen LogP contribution in [-0.2, 0) is 0 Å². The highest BCUT2D eigenvalue weighted by atomic mass is 16.3. The van der Waals surface area contributed by atoms with Gasteiger partial charge < -0.3 is 10.3 Å². The van der Waals surface area contributed by atoms with E-state index >= 15 is 0 Å². The summed E-state index contributed by atoms with van der Waals surface area (Å²) in [5, 5.41) is 6.44. The molecule has 0 atom stereocenters. The summed E-state index contributed by atoms with van der Waals surface area (Å²) in [4.78, 5) is 2.12. The van der Waals surface area contributed by atoms with Crippen LogP contribution in [0.2, 0.25) is 0 Å². The van der Waals surface area contributed by atoms with Crippen molar-refractivity contribution in [3.05, 3.63) is 217 Å². The first kappa shape index (κ1) is 36.5. The molecule has 0 saturated carbocycles. The third-order valence-electron chi connectivity index (χ3n) is 10.2. The van der Waals surface area contributed by atoms with E-state index in [-0.39, 0.29) is 0 Å². The van der Waals surface area contributed by atoms with Crippen LogP contribution in [0.5, 0.6) is 0 Å². The van der Waals surface area contributed by atoms with Gasteiger partial charge in [0.2, 0.25) is 0 Å². The molecular formula is C53H43N3O. The summed E-state index contributed by atoms with van der Waals surface area (Å²) in [6.07, 6.45) is 14.6. The van der Waals surface area contributed by atoms with E-state index in [1.165, 1.54) is 22.3 Å². The van der Waals surface area contributed by atoms with Gasteiger partial charge >= 0.3 is 0 Å². The number of rotatable bonds is 10. The van der Waals surface area contributed by atoms with Crippen LogP contribution in [0.15, 0.2) is 215 Å². The monoisotopic (exact) mass is 737 g/mol. The quantitative estimate of drug-likeness (QED) is 0.0500. The van der Waals surface area contributed by atoms with Gasteiger partial charge in [-0.15, -0.1) is 0 Å². The fraction of sp³-hybridized carbons (Fsp3) is 0.0377. The molecule has 2 N–H and O–H groups in total. The predicted octanol–water partition coefficient (Wildman–Crippen LogP) is 14.2. The summed E-state index contributed by atoms with van der Waals surface area (Å²) in [7, 11) is 0. The Morgan fingerprint density at radius 2 is 1.23 bits per heavy atom. The van der Waals surface area contributed by atoms with Crippen molar-refractivity contribution in [3.8, 4) is 33.4 Å². The Labute approximate surface area is 334 Å². The maximum absolute atomic E-state index is 6.66. The molecule has 8 aromatic rings. The maximum atomic E-state index is 6.66. The van der Waals surface area contributed by atoms with Gasteiger partial charge in [0, 0.05) is 16.6 Å². The highest BCUT2D eigenvalue weighted by molar-refractivity contribution is 6.22. The van der Waals surface area contributed by atoms with E-state index in [0.717, 1.165) is 61.1 Å². The number of benzene rings is 7. The first-order chi connectivity index (χ1) is 28.1. The maximum Gasteiger partial charge on any atom is 0.164 e. The van der Waals surface area contributed by atoms with E-state index in [9.17, 15) is 0 Å². The van der Waals surface area contributed by atoms with Crippen LogP contribution >= 0.6 is 0 Å². The van der Waals surface area contributed by atoms with Crippen LogP contribution in [0.1, 0.15) is 25.0 Å². The zero-order valence-corrected chi connectivity index (χ0v) is 32.1. The fourth-order valence-corrected chi connectivity index (χ4v) is 7.32. The van der Waals surface area contributed by atoms with Crippen LogP contribution in [0.3, 0.4) is 0 Å². The molecule has 1 heterocycles. The van der Waals surface area contributed by atoms with Gasteiger partial charge in [0.15, 0.2) is 5.84 Å². The summed E-state index contributed by atoms with van der Waals surface area (Å²) >= 11 is 0. The number of hydrogen-bond acceptors (Lipinski definition) is 3. The van der Waals surface area contributed by atoms with Crippen molar-refractivity contribution in [2.24, 2.45) is 10.9 Å². The first-order valence-corrected chi connectivity index (χ1v) is 19.2. The number of anilines is 2. The van der Waals surface area contributed by atoms with Crippen molar-refractivity contribution in [2.45, 2.75) is 13.8 Å². The van der Waals surface area contributed by atoms with Crippen molar-refractivity contribution in [2.75, 3.05) is 4.90 Å². The van der Waals surface area contributed by atoms with Crippen LogP contribution in [-0.4, -0.2) is 5.84 Å². The summed E-state index contributed by atoms with van der Waals surface area (Å²) in [6.45, 7) is 4.04. The Morgan fingerprint density at radius 1 is 0.579 bits per heavy atom. The summed E-state index contributed by atoms with van der Waals surface area (Å²) in [5.74, 6) is 6.95. The molecule has 7 aromatic carbocycles. The minimum absolute atomic E-state index is 0.607. The summed E-state index contributed by atoms with van der Waals surface area (Å²) in [5.41, 5.74) is 13.4. The molecule has 0 fully saturated rings. The van der Waals surface area contributed by atoms with Gasteiger partial charge in [0.05, 0.1) is 11.1 Å². The topological polar surface area (TPSA) is 54.8 Å². The van der Waals surface area contributed by atoms with Crippen LogP contribution in [0, 0.1) is 0 Å². The standard InChI is InChI=1S/C53H43N3O/c1-3-5-9-21-44-36-43(41-19-12-7-13-20-41)32-34-47(44)45-33-35-48-51(37-45)57-50-25-16-24-49(52(48)50)56(46-22-14-8-15-23-46)53(55-54)39(4-2)29-26-38-27-30-42(31-28-38)40-17-10-6-11-18-40/h3-37H,54H2,1-2H3/b5-3-,21-9-,29-26-,39-4+,55-53-. The average Bonchev–Trinajstić information content (AvgIpc) is 3.66. The third-order valence-corrected chi connectivity index (χ3v) is 10.2. The van der Waals surface area contributed by atoms with E-state index in [2.05, 4.69) is 168 Å². The van der Waals surface area contributed by atoms with Crippen LogP contribution in [0.4, 0.5) is 11.4 Å². The molecule has 0 aliphatic heterocycles. The molecule has 0 amide bonds. The predicted molar refractivity (Wildman–Crippen MR) is 243 cm³/mol. The van der Waals surface area contributed by atoms with Crippen molar-refractivity contribution in [1.82, 2.24) is 0 Å². The minimum atomic E-state index is 0.607. The molecule has 57 heavy (non-hydrogen) atoms. The second-order valence-corrected chi connectivity index (χ2v) is 13.7. The van der Waals surface area contributed by atoms with E-state index in [1.807, 2.05) is 68.5 Å². The molecule has 1 aromatic heterocycles. The normalized spacial score (nSPS) is 12.5. The Balaban J connectivity index is 1.19.